The summed E-state index contributed by atoms with van der Waals surface area (Å²) in [5.74, 6) is 0.381. The van der Waals surface area contributed by atoms with Crippen molar-refractivity contribution in [1.82, 2.24) is 10.3 Å². The number of pyridine rings is 1. The Bertz CT molecular complexity index is 405. The van der Waals surface area contributed by atoms with Crippen LogP contribution in [-0.2, 0) is 0 Å². The van der Waals surface area contributed by atoms with E-state index in [1.54, 1.807) is 7.05 Å². The first-order valence-corrected chi connectivity index (χ1v) is 6.41. The highest BCUT2D eigenvalue weighted by Gasteiger charge is 2.26. The van der Waals surface area contributed by atoms with Crippen LogP contribution < -0.4 is 10.1 Å². The van der Waals surface area contributed by atoms with E-state index in [0.717, 1.165) is 17.9 Å². The molecule has 2 rings (SSSR count). The second-order valence-corrected chi connectivity index (χ2v) is 4.42. The molecule has 1 saturated carbocycles. The second kappa shape index (κ2) is 4.74. The fourth-order valence-corrected chi connectivity index (χ4v) is 1.67. The molecule has 0 aliphatic heterocycles. The summed E-state index contributed by atoms with van der Waals surface area (Å²) in [6.07, 6.45) is 4.33. The van der Waals surface area contributed by atoms with Crippen LogP contribution in [0.25, 0.3) is 0 Å². The van der Waals surface area contributed by atoms with Crippen LogP contribution in [0.1, 0.15) is 23.3 Å². The lowest BCUT2D eigenvalue weighted by atomic mass is 10.3. The van der Waals surface area contributed by atoms with Crippen LogP contribution >= 0.6 is 11.8 Å². The van der Waals surface area contributed by atoms with Crippen molar-refractivity contribution in [2.24, 2.45) is 0 Å². The number of aromatic nitrogens is 1. The lowest BCUT2D eigenvalue weighted by Crippen LogP contribution is -2.21. The highest BCUT2D eigenvalue weighted by atomic mass is 32.2. The van der Waals surface area contributed by atoms with Gasteiger partial charge in [-0.3, -0.25) is 4.79 Å². The van der Waals surface area contributed by atoms with Crippen molar-refractivity contribution in [2.45, 2.75) is 24.0 Å². The number of amides is 1. The number of thioether (sulfide) groups is 1. The van der Waals surface area contributed by atoms with Gasteiger partial charge < -0.3 is 10.1 Å². The van der Waals surface area contributed by atoms with Crippen LogP contribution in [0, 0.1) is 0 Å². The summed E-state index contributed by atoms with van der Waals surface area (Å²) in [6.45, 7) is 0. The molecular weight excluding hydrogens is 224 g/mol. The van der Waals surface area contributed by atoms with Crippen LogP contribution in [-0.4, -0.2) is 30.3 Å². The summed E-state index contributed by atoms with van der Waals surface area (Å²) in [5.41, 5.74) is 0.376. The zero-order valence-corrected chi connectivity index (χ0v) is 10.1. The Labute approximate surface area is 98.8 Å². The van der Waals surface area contributed by atoms with Gasteiger partial charge in [0.1, 0.15) is 0 Å². The number of hydrogen-bond donors (Lipinski definition) is 1. The maximum absolute atomic E-state index is 11.6. The third-order valence-corrected chi connectivity index (χ3v) is 2.95. The van der Waals surface area contributed by atoms with E-state index < -0.39 is 0 Å². The minimum absolute atomic E-state index is 0.202. The number of carbonyl (C=O) groups is 1. The summed E-state index contributed by atoms with van der Waals surface area (Å²) in [7, 11) is 1.59. The van der Waals surface area contributed by atoms with Gasteiger partial charge in [-0.25, -0.2) is 4.98 Å². The number of rotatable bonds is 4. The molecule has 1 aliphatic carbocycles. The molecule has 1 N–H and O–H groups in total. The predicted molar refractivity (Wildman–Crippen MR) is 63.1 cm³/mol. The van der Waals surface area contributed by atoms with Crippen molar-refractivity contribution in [3.05, 3.63) is 17.8 Å². The third kappa shape index (κ3) is 2.47. The monoisotopic (exact) mass is 238 g/mol. The number of hydrogen-bond acceptors (Lipinski definition) is 4. The average Bonchev–Trinajstić information content (AvgIpc) is 3.12. The molecule has 0 radical (unpaired) electrons. The van der Waals surface area contributed by atoms with Crippen LogP contribution in [0.15, 0.2) is 17.2 Å². The number of carbonyl (C=O) groups excluding carboxylic acids is 1. The average molecular weight is 238 g/mol. The number of nitrogens with zero attached hydrogens (tertiary/aromatic N) is 1. The van der Waals surface area contributed by atoms with Crippen LogP contribution in [0.5, 0.6) is 5.75 Å². The lowest BCUT2D eigenvalue weighted by Gasteiger charge is -2.09. The van der Waals surface area contributed by atoms with E-state index in [1.807, 2.05) is 18.4 Å². The maximum atomic E-state index is 11.6. The zero-order chi connectivity index (χ0) is 11.5. The smallest absolute Gasteiger partial charge is 0.273 e. The molecular formula is C11H14N2O2S. The largest absolute Gasteiger partial charge is 0.488 e. The van der Waals surface area contributed by atoms with Crippen molar-refractivity contribution in [3.63, 3.8) is 0 Å². The van der Waals surface area contributed by atoms with Gasteiger partial charge in [0.05, 0.1) is 11.1 Å². The Balaban J connectivity index is 2.29. The van der Waals surface area contributed by atoms with Crippen molar-refractivity contribution in [1.29, 1.82) is 0 Å². The topological polar surface area (TPSA) is 51.2 Å². The summed E-state index contributed by atoms with van der Waals surface area (Å²) >= 11 is 1.51. The third-order valence-electron chi connectivity index (χ3n) is 2.30. The molecule has 0 atom stereocenters. The molecule has 0 unspecified atom stereocenters. The van der Waals surface area contributed by atoms with E-state index in [9.17, 15) is 4.79 Å². The normalized spacial score (nSPS) is 14.6. The Morgan fingerprint density at radius 1 is 1.56 bits per heavy atom. The molecule has 1 amide bonds. The van der Waals surface area contributed by atoms with Gasteiger partial charge in [0.15, 0.2) is 11.4 Å². The molecule has 5 heteroatoms. The van der Waals surface area contributed by atoms with E-state index in [2.05, 4.69) is 10.3 Å². The van der Waals surface area contributed by atoms with E-state index in [1.165, 1.54) is 11.8 Å². The highest BCUT2D eigenvalue weighted by molar-refractivity contribution is 7.98. The van der Waals surface area contributed by atoms with Gasteiger partial charge in [-0.05, 0) is 31.2 Å². The molecule has 0 saturated heterocycles. The van der Waals surface area contributed by atoms with E-state index in [0.29, 0.717) is 11.4 Å². The van der Waals surface area contributed by atoms with Crippen LogP contribution in [0.4, 0.5) is 0 Å². The first kappa shape index (κ1) is 11.3. The minimum atomic E-state index is -0.202. The molecule has 1 aliphatic rings. The fraction of sp³-hybridized carbons (Fsp3) is 0.455. The summed E-state index contributed by atoms with van der Waals surface area (Å²) in [4.78, 5) is 15.9. The number of ether oxygens (including phenoxy) is 1. The Morgan fingerprint density at radius 3 is 2.88 bits per heavy atom. The Hall–Kier alpha value is -1.23. The van der Waals surface area contributed by atoms with E-state index in [-0.39, 0.29) is 12.0 Å². The van der Waals surface area contributed by atoms with Gasteiger partial charge in [0.25, 0.3) is 5.91 Å². The van der Waals surface area contributed by atoms with Crippen LogP contribution in [0.3, 0.4) is 0 Å². The molecule has 0 bridgehead atoms. The fourth-order valence-electron chi connectivity index (χ4n) is 1.28. The minimum Gasteiger partial charge on any atom is -0.488 e. The van der Waals surface area contributed by atoms with Gasteiger partial charge in [-0.2, -0.15) is 0 Å². The standard InChI is InChI=1S/C11H14N2O2S/c1-12-11(14)10-8(15-7-3-4-7)5-6-9(13-10)16-2/h5-7H,3-4H2,1-2H3,(H,12,14). The molecule has 1 heterocycles. The SMILES string of the molecule is CNC(=O)c1nc(SC)ccc1OC1CC1. The molecule has 1 aromatic rings. The first-order chi connectivity index (χ1) is 7.74. The van der Waals surface area contributed by atoms with Crippen LogP contribution in [0.2, 0.25) is 0 Å². The van der Waals surface area contributed by atoms with Gasteiger partial charge in [-0.15, -0.1) is 11.8 Å². The summed E-state index contributed by atoms with van der Waals surface area (Å²) in [6, 6.07) is 3.69. The van der Waals surface area contributed by atoms with Gasteiger partial charge in [0, 0.05) is 7.05 Å². The maximum Gasteiger partial charge on any atom is 0.273 e. The molecule has 0 aromatic carbocycles. The first-order valence-electron chi connectivity index (χ1n) is 5.18. The van der Waals surface area contributed by atoms with E-state index >= 15 is 0 Å². The molecule has 16 heavy (non-hydrogen) atoms. The van der Waals surface area contributed by atoms with Gasteiger partial charge >= 0.3 is 0 Å². The predicted octanol–water partition coefficient (Wildman–Crippen LogP) is 1.70. The summed E-state index contributed by atoms with van der Waals surface area (Å²) in [5, 5.41) is 3.40. The van der Waals surface area contributed by atoms with Gasteiger partial charge in [0.2, 0.25) is 0 Å². The quantitative estimate of drug-likeness (QED) is 0.811. The van der Waals surface area contributed by atoms with E-state index in [4.69, 9.17) is 4.74 Å². The number of nitrogens with one attached hydrogen (secondary N) is 1. The highest BCUT2D eigenvalue weighted by Crippen LogP contribution is 2.29. The van der Waals surface area contributed by atoms with Crippen molar-refractivity contribution in [3.8, 4) is 5.75 Å². The van der Waals surface area contributed by atoms with Gasteiger partial charge in [-0.1, -0.05) is 0 Å². The van der Waals surface area contributed by atoms with Crippen molar-refractivity contribution < 1.29 is 9.53 Å². The second-order valence-electron chi connectivity index (χ2n) is 3.60. The van der Waals surface area contributed by atoms with Crippen molar-refractivity contribution >= 4 is 17.7 Å². The molecule has 86 valence electrons. The Kier molecular flexibility index (Phi) is 3.33. The molecule has 0 spiro atoms. The molecule has 1 aromatic heterocycles. The molecule has 1 fully saturated rings. The summed E-state index contributed by atoms with van der Waals surface area (Å²) < 4.78 is 5.65. The Morgan fingerprint density at radius 2 is 2.31 bits per heavy atom. The van der Waals surface area contributed by atoms with Crippen molar-refractivity contribution in [2.75, 3.05) is 13.3 Å². The lowest BCUT2D eigenvalue weighted by molar-refractivity contribution is 0.0952. The zero-order valence-electron chi connectivity index (χ0n) is 9.32. The molecule has 4 nitrogen and oxygen atoms in total.